The number of hydrogen-bond acceptors (Lipinski definition) is 3. The monoisotopic (exact) mass is 401 g/mol. The number of nitrogens with zero attached hydrogens (tertiary/aromatic N) is 3. The second-order valence-electron chi connectivity index (χ2n) is 7.96. The fourth-order valence-corrected chi connectivity index (χ4v) is 2.81. The van der Waals surface area contributed by atoms with E-state index >= 15 is 0 Å². The van der Waals surface area contributed by atoms with E-state index in [4.69, 9.17) is 0 Å². The van der Waals surface area contributed by atoms with E-state index in [0.717, 1.165) is 9.91 Å². The van der Waals surface area contributed by atoms with E-state index in [1.165, 1.54) is 24.3 Å². The number of hydrazone groups is 1. The van der Waals surface area contributed by atoms with Gasteiger partial charge in [0.25, 0.3) is 5.91 Å². The van der Waals surface area contributed by atoms with Crippen molar-refractivity contribution in [3.05, 3.63) is 35.6 Å². The summed E-state index contributed by atoms with van der Waals surface area (Å²) in [5.74, 6) is -1.61. The van der Waals surface area contributed by atoms with Gasteiger partial charge >= 0.3 is 6.18 Å². The van der Waals surface area contributed by atoms with Crippen molar-refractivity contribution >= 4 is 17.5 Å². The van der Waals surface area contributed by atoms with Gasteiger partial charge in [-0.25, -0.2) is 9.40 Å². The molecule has 2 amide bonds. The molecule has 0 unspecified atom stereocenters. The summed E-state index contributed by atoms with van der Waals surface area (Å²) in [6, 6.07) is 5.41. The second kappa shape index (κ2) is 8.28. The van der Waals surface area contributed by atoms with Gasteiger partial charge in [0, 0.05) is 19.4 Å². The SMILES string of the molecule is CC(C)(C)CN(CC(F)(F)F)C(=O)C1=NN(Cc2ccc(F)cc2)C(=O)CC1. The maximum Gasteiger partial charge on any atom is 0.406 e. The highest BCUT2D eigenvalue weighted by atomic mass is 19.4. The Morgan fingerprint density at radius 2 is 1.71 bits per heavy atom. The predicted molar refractivity (Wildman–Crippen MR) is 95.7 cm³/mol. The first kappa shape index (κ1) is 21.8. The first-order valence-electron chi connectivity index (χ1n) is 8.82. The van der Waals surface area contributed by atoms with Crippen molar-refractivity contribution in [2.24, 2.45) is 10.5 Å². The Balaban J connectivity index is 2.22. The minimum absolute atomic E-state index is 0.00837. The van der Waals surface area contributed by atoms with Gasteiger partial charge in [-0.05, 0) is 23.1 Å². The van der Waals surface area contributed by atoms with Crippen LogP contribution in [0.2, 0.25) is 0 Å². The Bertz CT molecular complexity index is 736. The number of alkyl halides is 3. The zero-order valence-corrected chi connectivity index (χ0v) is 16.0. The molecule has 9 heteroatoms. The van der Waals surface area contributed by atoms with Crippen LogP contribution in [0.1, 0.15) is 39.2 Å². The Morgan fingerprint density at radius 3 is 2.25 bits per heavy atom. The molecule has 1 heterocycles. The van der Waals surface area contributed by atoms with Gasteiger partial charge in [0.1, 0.15) is 18.1 Å². The molecule has 28 heavy (non-hydrogen) atoms. The van der Waals surface area contributed by atoms with Crippen LogP contribution in [0.3, 0.4) is 0 Å². The third-order valence-corrected chi connectivity index (χ3v) is 3.92. The average Bonchev–Trinajstić information content (AvgIpc) is 2.55. The number of amides is 2. The molecule has 154 valence electrons. The van der Waals surface area contributed by atoms with Crippen molar-refractivity contribution in [2.75, 3.05) is 13.1 Å². The van der Waals surface area contributed by atoms with Crippen LogP contribution in [0.25, 0.3) is 0 Å². The third kappa shape index (κ3) is 6.61. The van der Waals surface area contributed by atoms with Crippen LogP contribution in [0.15, 0.2) is 29.4 Å². The van der Waals surface area contributed by atoms with E-state index in [1.807, 2.05) is 0 Å². The van der Waals surface area contributed by atoms with Crippen molar-refractivity contribution in [3.8, 4) is 0 Å². The highest BCUT2D eigenvalue weighted by Crippen LogP contribution is 2.23. The van der Waals surface area contributed by atoms with Gasteiger partial charge in [-0.3, -0.25) is 9.59 Å². The molecule has 0 aliphatic carbocycles. The zero-order valence-electron chi connectivity index (χ0n) is 16.0. The molecule has 1 aromatic rings. The van der Waals surface area contributed by atoms with Gasteiger partial charge in [-0.15, -0.1) is 0 Å². The molecule has 0 atom stereocenters. The normalized spacial score (nSPS) is 15.5. The lowest BCUT2D eigenvalue weighted by Crippen LogP contribution is -2.48. The summed E-state index contributed by atoms with van der Waals surface area (Å²) in [4.78, 5) is 25.5. The zero-order chi connectivity index (χ0) is 21.1. The number of halogens is 4. The number of benzene rings is 1. The largest absolute Gasteiger partial charge is 0.406 e. The molecule has 0 N–H and O–H groups in total. The summed E-state index contributed by atoms with van der Waals surface area (Å²) in [6.45, 7) is 3.73. The van der Waals surface area contributed by atoms with Crippen LogP contribution in [0.4, 0.5) is 17.6 Å². The van der Waals surface area contributed by atoms with E-state index in [1.54, 1.807) is 20.8 Å². The highest BCUT2D eigenvalue weighted by Gasteiger charge is 2.37. The maximum atomic E-state index is 13.0. The predicted octanol–water partition coefficient (Wildman–Crippen LogP) is 3.74. The minimum Gasteiger partial charge on any atom is -0.328 e. The standard InChI is InChI=1S/C19H23F4N3O2/c1-18(2,3)11-25(12-19(21,22)23)17(28)15-8-9-16(27)26(24-15)10-13-4-6-14(20)7-5-13/h4-7H,8-12H2,1-3H3. The van der Waals surface area contributed by atoms with E-state index in [0.29, 0.717) is 5.56 Å². The summed E-state index contributed by atoms with van der Waals surface area (Å²) >= 11 is 0. The quantitative estimate of drug-likeness (QED) is 0.706. The van der Waals surface area contributed by atoms with Crippen molar-refractivity contribution in [1.29, 1.82) is 0 Å². The Labute approximate surface area is 161 Å². The summed E-state index contributed by atoms with van der Waals surface area (Å²) in [7, 11) is 0. The summed E-state index contributed by atoms with van der Waals surface area (Å²) in [5.41, 5.74) is -0.0380. The smallest absolute Gasteiger partial charge is 0.328 e. The topological polar surface area (TPSA) is 53.0 Å². The van der Waals surface area contributed by atoms with Gasteiger partial charge in [-0.1, -0.05) is 32.9 Å². The molecule has 0 aromatic heterocycles. The van der Waals surface area contributed by atoms with Gasteiger partial charge in [0.15, 0.2) is 0 Å². The fraction of sp³-hybridized carbons (Fsp3) is 0.526. The lowest BCUT2D eigenvalue weighted by atomic mass is 9.95. The lowest BCUT2D eigenvalue weighted by Gasteiger charge is -2.32. The molecule has 0 radical (unpaired) electrons. The van der Waals surface area contributed by atoms with Crippen LogP contribution >= 0.6 is 0 Å². The maximum absolute atomic E-state index is 13.0. The Morgan fingerprint density at radius 1 is 1.11 bits per heavy atom. The molecule has 0 saturated heterocycles. The van der Waals surface area contributed by atoms with Crippen molar-refractivity contribution < 1.29 is 27.2 Å². The van der Waals surface area contributed by atoms with Crippen LogP contribution in [-0.2, 0) is 16.1 Å². The first-order chi connectivity index (χ1) is 12.8. The van der Waals surface area contributed by atoms with E-state index in [9.17, 15) is 27.2 Å². The van der Waals surface area contributed by atoms with Crippen LogP contribution in [0, 0.1) is 11.2 Å². The third-order valence-electron chi connectivity index (χ3n) is 3.92. The van der Waals surface area contributed by atoms with Gasteiger partial charge in [0.2, 0.25) is 5.91 Å². The Kier molecular flexibility index (Phi) is 6.46. The first-order valence-corrected chi connectivity index (χ1v) is 8.82. The number of carbonyl (C=O) groups is 2. The summed E-state index contributed by atoms with van der Waals surface area (Å²) in [5, 5.41) is 5.06. The van der Waals surface area contributed by atoms with E-state index in [-0.39, 0.29) is 37.6 Å². The molecule has 0 spiro atoms. The summed E-state index contributed by atoms with van der Waals surface area (Å²) < 4.78 is 51.8. The molecule has 0 fully saturated rings. The van der Waals surface area contributed by atoms with E-state index < -0.39 is 29.9 Å². The molecule has 1 aliphatic heterocycles. The molecule has 2 rings (SSSR count). The second-order valence-corrected chi connectivity index (χ2v) is 7.96. The van der Waals surface area contributed by atoms with E-state index in [2.05, 4.69) is 5.10 Å². The number of carbonyl (C=O) groups excluding carboxylic acids is 2. The Hall–Kier alpha value is -2.45. The van der Waals surface area contributed by atoms with Crippen molar-refractivity contribution in [3.63, 3.8) is 0 Å². The number of hydrogen-bond donors (Lipinski definition) is 0. The lowest BCUT2D eigenvalue weighted by molar-refractivity contribution is -0.159. The number of rotatable bonds is 5. The fourth-order valence-electron chi connectivity index (χ4n) is 2.81. The molecule has 1 aromatic carbocycles. The molecule has 1 aliphatic rings. The van der Waals surface area contributed by atoms with Crippen molar-refractivity contribution in [2.45, 2.75) is 46.3 Å². The average molecular weight is 401 g/mol. The van der Waals surface area contributed by atoms with Crippen LogP contribution in [0.5, 0.6) is 0 Å². The molecule has 0 saturated carbocycles. The van der Waals surface area contributed by atoms with Crippen LogP contribution in [-0.4, -0.2) is 46.7 Å². The minimum atomic E-state index is -4.54. The molecular weight excluding hydrogens is 378 g/mol. The van der Waals surface area contributed by atoms with Gasteiger partial charge in [-0.2, -0.15) is 18.3 Å². The highest BCUT2D eigenvalue weighted by molar-refractivity contribution is 6.39. The summed E-state index contributed by atoms with van der Waals surface area (Å²) in [6.07, 6.45) is -4.59. The molecular formula is C19H23F4N3O2. The molecule has 5 nitrogen and oxygen atoms in total. The van der Waals surface area contributed by atoms with Gasteiger partial charge in [0.05, 0.1) is 6.54 Å². The van der Waals surface area contributed by atoms with Crippen LogP contribution < -0.4 is 0 Å². The molecule has 0 bridgehead atoms. The van der Waals surface area contributed by atoms with Crippen molar-refractivity contribution in [1.82, 2.24) is 9.91 Å². The van der Waals surface area contributed by atoms with Gasteiger partial charge < -0.3 is 4.90 Å².